The predicted molar refractivity (Wildman–Crippen MR) is 73.1 cm³/mol. The molecule has 1 aromatic rings. The molecule has 0 bridgehead atoms. The van der Waals surface area contributed by atoms with E-state index < -0.39 is 0 Å². The minimum Gasteiger partial charge on any atom is -0.488 e. The molecular formula is C15H23NO2. The highest BCUT2D eigenvalue weighted by Gasteiger charge is 2.42. The van der Waals surface area contributed by atoms with E-state index in [1.165, 1.54) is 12.0 Å². The van der Waals surface area contributed by atoms with E-state index in [0.29, 0.717) is 6.04 Å². The van der Waals surface area contributed by atoms with Crippen LogP contribution in [0.25, 0.3) is 0 Å². The summed E-state index contributed by atoms with van der Waals surface area (Å²) < 4.78 is 11.4. The van der Waals surface area contributed by atoms with Crippen LogP contribution >= 0.6 is 0 Å². The minimum atomic E-state index is 0.158. The fraction of sp³-hybridized carbons (Fsp3) is 0.600. The molecule has 1 saturated carbocycles. The first-order chi connectivity index (χ1) is 8.78. The quantitative estimate of drug-likeness (QED) is 0.839. The molecule has 0 aliphatic heterocycles. The second-order valence-electron chi connectivity index (χ2n) is 4.88. The summed E-state index contributed by atoms with van der Waals surface area (Å²) in [6.45, 7) is 2.19. The Morgan fingerprint density at radius 2 is 2.00 bits per heavy atom. The number of ether oxygens (including phenoxy) is 2. The van der Waals surface area contributed by atoms with Gasteiger partial charge in [0.05, 0.1) is 0 Å². The predicted octanol–water partition coefficient (Wildman–Crippen LogP) is 2.39. The van der Waals surface area contributed by atoms with Gasteiger partial charge in [-0.25, -0.2) is 0 Å². The van der Waals surface area contributed by atoms with E-state index in [9.17, 15) is 0 Å². The minimum absolute atomic E-state index is 0.158. The summed E-state index contributed by atoms with van der Waals surface area (Å²) in [7, 11) is 3.71. The first-order valence-electron chi connectivity index (χ1n) is 6.74. The molecule has 0 amide bonds. The zero-order valence-electron chi connectivity index (χ0n) is 11.5. The Kier molecular flexibility index (Phi) is 4.61. The van der Waals surface area contributed by atoms with Crippen LogP contribution in [0.5, 0.6) is 5.75 Å². The van der Waals surface area contributed by atoms with E-state index in [4.69, 9.17) is 9.47 Å². The van der Waals surface area contributed by atoms with Crippen LogP contribution in [-0.2, 0) is 11.2 Å². The van der Waals surface area contributed by atoms with Crippen molar-refractivity contribution >= 4 is 0 Å². The smallest absolute Gasteiger partial charge is 0.128 e. The third-order valence-corrected chi connectivity index (χ3v) is 3.64. The van der Waals surface area contributed by atoms with Gasteiger partial charge in [0, 0.05) is 19.6 Å². The van der Waals surface area contributed by atoms with Gasteiger partial charge in [-0.3, -0.25) is 0 Å². The fourth-order valence-electron chi connectivity index (χ4n) is 2.49. The monoisotopic (exact) mass is 249 g/mol. The number of aryl methyl sites for hydroxylation is 1. The van der Waals surface area contributed by atoms with Crippen LogP contribution in [0.3, 0.4) is 0 Å². The summed E-state index contributed by atoms with van der Waals surface area (Å²) in [5.41, 5.74) is 1.37. The normalized spacial score (nSPS) is 26.7. The lowest BCUT2D eigenvalue weighted by Gasteiger charge is -2.42. The SMILES string of the molecule is CCCc1ccc(OC2CC(NC)C2OC)cc1. The fourth-order valence-corrected chi connectivity index (χ4v) is 2.49. The van der Waals surface area contributed by atoms with Gasteiger partial charge in [0.15, 0.2) is 0 Å². The third kappa shape index (κ3) is 2.85. The van der Waals surface area contributed by atoms with Crippen LogP contribution in [0.2, 0.25) is 0 Å². The number of likely N-dealkylation sites (N-methyl/N-ethyl adjacent to an activating group) is 1. The summed E-state index contributed by atoms with van der Waals surface area (Å²) >= 11 is 0. The number of methoxy groups -OCH3 is 1. The van der Waals surface area contributed by atoms with E-state index in [1.54, 1.807) is 7.11 Å². The Bertz CT molecular complexity index is 363. The molecule has 0 spiro atoms. The third-order valence-electron chi connectivity index (χ3n) is 3.64. The first-order valence-corrected chi connectivity index (χ1v) is 6.74. The van der Waals surface area contributed by atoms with Gasteiger partial charge >= 0.3 is 0 Å². The Hall–Kier alpha value is -1.06. The molecule has 0 aromatic heterocycles. The molecule has 18 heavy (non-hydrogen) atoms. The van der Waals surface area contributed by atoms with E-state index in [0.717, 1.165) is 18.6 Å². The van der Waals surface area contributed by atoms with Crippen LogP contribution in [0.1, 0.15) is 25.3 Å². The van der Waals surface area contributed by atoms with Crippen LogP contribution in [0.15, 0.2) is 24.3 Å². The molecule has 1 fully saturated rings. The average molecular weight is 249 g/mol. The van der Waals surface area contributed by atoms with Gasteiger partial charge in [-0.1, -0.05) is 25.5 Å². The summed E-state index contributed by atoms with van der Waals surface area (Å²) in [5, 5.41) is 3.24. The maximum absolute atomic E-state index is 5.95. The lowest BCUT2D eigenvalue weighted by atomic mass is 9.85. The van der Waals surface area contributed by atoms with Gasteiger partial charge < -0.3 is 14.8 Å². The highest BCUT2D eigenvalue weighted by molar-refractivity contribution is 5.28. The second kappa shape index (κ2) is 6.21. The molecule has 1 aliphatic rings. The molecule has 100 valence electrons. The number of hydrogen-bond donors (Lipinski definition) is 1. The summed E-state index contributed by atoms with van der Waals surface area (Å²) in [6, 6.07) is 8.83. The van der Waals surface area contributed by atoms with Gasteiger partial charge in [0.2, 0.25) is 0 Å². The Balaban J connectivity index is 1.90. The van der Waals surface area contributed by atoms with Crippen molar-refractivity contribution in [2.45, 2.75) is 44.4 Å². The van der Waals surface area contributed by atoms with Crippen molar-refractivity contribution in [1.29, 1.82) is 0 Å². The van der Waals surface area contributed by atoms with Crippen molar-refractivity contribution in [3.63, 3.8) is 0 Å². The van der Waals surface area contributed by atoms with E-state index >= 15 is 0 Å². The Morgan fingerprint density at radius 3 is 2.56 bits per heavy atom. The molecule has 0 radical (unpaired) electrons. The maximum atomic E-state index is 5.95. The van der Waals surface area contributed by atoms with Gasteiger partial charge in [-0.05, 0) is 31.2 Å². The largest absolute Gasteiger partial charge is 0.488 e. The van der Waals surface area contributed by atoms with Crippen molar-refractivity contribution < 1.29 is 9.47 Å². The number of nitrogens with one attached hydrogen (secondary N) is 1. The van der Waals surface area contributed by atoms with Crippen molar-refractivity contribution in [3.05, 3.63) is 29.8 Å². The number of hydrogen-bond acceptors (Lipinski definition) is 3. The molecule has 3 heteroatoms. The van der Waals surface area contributed by atoms with Crippen molar-refractivity contribution in [3.8, 4) is 5.75 Å². The highest BCUT2D eigenvalue weighted by atomic mass is 16.5. The summed E-state index contributed by atoms with van der Waals surface area (Å²) in [4.78, 5) is 0. The molecule has 2 rings (SSSR count). The maximum Gasteiger partial charge on any atom is 0.128 e. The van der Waals surface area contributed by atoms with Gasteiger partial charge in [-0.2, -0.15) is 0 Å². The second-order valence-corrected chi connectivity index (χ2v) is 4.88. The van der Waals surface area contributed by atoms with Gasteiger partial charge in [-0.15, -0.1) is 0 Å². The summed E-state index contributed by atoms with van der Waals surface area (Å²) in [5.74, 6) is 0.941. The lowest BCUT2D eigenvalue weighted by molar-refractivity contribution is -0.0869. The molecule has 1 aliphatic carbocycles. The number of rotatable bonds is 6. The van der Waals surface area contributed by atoms with Crippen LogP contribution < -0.4 is 10.1 Å². The van der Waals surface area contributed by atoms with Gasteiger partial charge in [0.25, 0.3) is 0 Å². The van der Waals surface area contributed by atoms with E-state index in [-0.39, 0.29) is 12.2 Å². The van der Waals surface area contributed by atoms with Crippen molar-refractivity contribution in [2.24, 2.45) is 0 Å². The topological polar surface area (TPSA) is 30.5 Å². The van der Waals surface area contributed by atoms with Crippen LogP contribution in [-0.4, -0.2) is 32.4 Å². The molecule has 0 saturated heterocycles. The molecule has 0 heterocycles. The zero-order chi connectivity index (χ0) is 13.0. The molecule has 3 nitrogen and oxygen atoms in total. The molecular weight excluding hydrogens is 226 g/mol. The zero-order valence-corrected chi connectivity index (χ0v) is 11.5. The Labute approximate surface area is 109 Å². The Morgan fingerprint density at radius 1 is 1.28 bits per heavy atom. The standard InChI is InChI=1S/C15H23NO2/c1-4-5-11-6-8-12(9-7-11)18-14-10-13(16-2)15(14)17-3/h6-9,13-16H,4-5,10H2,1-3H3. The summed E-state index contributed by atoms with van der Waals surface area (Å²) in [6.07, 6.45) is 3.64. The lowest BCUT2D eigenvalue weighted by Crippen LogP contribution is -2.60. The van der Waals surface area contributed by atoms with Crippen molar-refractivity contribution in [1.82, 2.24) is 5.32 Å². The van der Waals surface area contributed by atoms with Crippen molar-refractivity contribution in [2.75, 3.05) is 14.2 Å². The van der Waals surface area contributed by atoms with E-state index in [2.05, 4.69) is 36.5 Å². The van der Waals surface area contributed by atoms with Gasteiger partial charge in [0.1, 0.15) is 18.0 Å². The van der Waals surface area contributed by atoms with Crippen LogP contribution in [0, 0.1) is 0 Å². The highest BCUT2D eigenvalue weighted by Crippen LogP contribution is 2.28. The molecule has 3 atom stereocenters. The molecule has 1 aromatic carbocycles. The van der Waals surface area contributed by atoms with E-state index in [1.807, 2.05) is 7.05 Å². The first kappa shape index (κ1) is 13.4. The molecule has 3 unspecified atom stereocenters. The van der Waals surface area contributed by atoms with Crippen LogP contribution in [0.4, 0.5) is 0 Å². The molecule has 1 N–H and O–H groups in total. The number of benzene rings is 1. The average Bonchev–Trinajstić information content (AvgIpc) is 2.37.